The van der Waals surface area contributed by atoms with Crippen LogP contribution in [0.25, 0.3) is 66.9 Å². The predicted octanol–water partition coefficient (Wildman–Crippen LogP) is 11.4. The van der Waals surface area contributed by atoms with E-state index >= 15 is 0 Å². The van der Waals surface area contributed by atoms with Crippen LogP contribution in [-0.4, -0.2) is 15.0 Å². The number of hydrogen-bond acceptors (Lipinski definition) is 5. The normalized spacial score (nSPS) is 11.3. The first kappa shape index (κ1) is 27.7. The zero-order chi connectivity index (χ0) is 31.9. The molecule has 0 saturated heterocycles. The maximum atomic E-state index is 6.22. The Morgan fingerprint density at radius 3 is 1.67 bits per heavy atom. The fourth-order valence-electron chi connectivity index (χ4n) is 6.43. The van der Waals surface area contributed by atoms with Crippen molar-refractivity contribution in [2.75, 3.05) is 4.90 Å². The summed E-state index contributed by atoms with van der Waals surface area (Å²) >= 11 is 0. The smallest absolute Gasteiger partial charge is 0.227 e. The number of nitrogens with zero attached hydrogens (tertiary/aromatic N) is 4. The Morgan fingerprint density at radius 2 is 0.958 bits per heavy atom. The summed E-state index contributed by atoms with van der Waals surface area (Å²) in [5.41, 5.74) is 11.2. The van der Waals surface area contributed by atoms with E-state index in [-0.39, 0.29) is 0 Å². The summed E-state index contributed by atoms with van der Waals surface area (Å²) < 4.78 is 6.22. The lowest BCUT2D eigenvalue weighted by molar-refractivity contribution is 0.620. The van der Waals surface area contributed by atoms with Crippen molar-refractivity contribution in [1.82, 2.24) is 15.0 Å². The third kappa shape index (κ3) is 4.86. The number of rotatable bonds is 6. The molecule has 0 fully saturated rings. The Labute approximate surface area is 277 Å². The Morgan fingerprint density at radius 1 is 0.396 bits per heavy atom. The zero-order valence-electron chi connectivity index (χ0n) is 25.9. The summed E-state index contributed by atoms with van der Waals surface area (Å²) in [5, 5.41) is 2.16. The third-order valence-electron chi connectivity index (χ3n) is 8.70. The molecule has 0 bridgehead atoms. The quantitative estimate of drug-likeness (QED) is 0.186. The number of anilines is 3. The highest BCUT2D eigenvalue weighted by Gasteiger charge is 2.19. The van der Waals surface area contributed by atoms with Crippen LogP contribution in [0.2, 0.25) is 0 Å². The fraction of sp³-hybridized carbons (Fsp3) is 0. The lowest BCUT2D eigenvalue weighted by Gasteiger charge is -2.27. The van der Waals surface area contributed by atoms with Crippen molar-refractivity contribution in [3.8, 4) is 34.0 Å². The van der Waals surface area contributed by atoms with Crippen molar-refractivity contribution in [3.63, 3.8) is 0 Å². The van der Waals surface area contributed by atoms with Crippen LogP contribution in [0.4, 0.5) is 17.1 Å². The third-order valence-corrected chi connectivity index (χ3v) is 8.70. The summed E-state index contributed by atoms with van der Waals surface area (Å²) in [6.07, 6.45) is 0. The van der Waals surface area contributed by atoms with E-state index in [0.717, 1.165) is 78.0 Å². The van der Waals surface area contributed by atoms with Crippen LogP contribution in [-0.2, 0) is 0 Å². The minimum Gasteiger partial charge on any atom is -0.436 e. The maximum absolute atomic E-state index is 6.22. The highest BCUT2D eigenvalue weighted by Crippen LogP contribution is 2.42. The van der Waals surface area contributed by atoms with Crippen molar-refractivity contribution in [1.29, 1.82) is 0 Å². The molecule has 48 heavy (non-hydrogen) atoms. The van der Waals surface area contributed by atoms with Gasteiger partial charge in [-0.05, 0) is 66.0 Å². The molecular weight excluding hydrogens is 589 g/mol. The first-order chi connectivity index (χ1) is 23.8. The second kappa shape index (κ2) is 11.6. The highest BCUT2D eigenvalue weighted by atomic mass is 16.3. The number of para-hydroxylation sites is 5. The van der Waals surface area contributed by atoms with E-state index < -0.39 is 0 Å². The molecule has 5 heteroatoms. The minimum atomic E-state index is 0.611. The van der Waals surface area contributed by atoms with Gasteiger partial charge < -0.3 is 9.32 Å². The molecule has 0 aliphatic carbocycles. The molecule has 0 atom stereocenters. The van der Waals surface area contributed by atoms with Gasteiger partial charge in [0, 0.05) is 33.5 Å². The van der Waals surface area contributed by atoms with E-state index in [1.165, 1.54) is 0 Å². The highest BCUT2D eigenvalue weighted by molar-refractivity contribution is 6.05. The molecule has 0 aliphatic heterocycles. The molecule has 0 spiro atoms. The van der Waals surface area contributed by atoms with Gasteiger partial charge in [0.1, 0.15) is 5.52 Å². The lowest BCUT2D eigenvalue weighted by atomic mass is 10.0. The molecule has 7 aromatic carbocycles. The first-order valence-corrected chi connectivity index (χ1v) is 16.0. The Balaban J connectivity index is 1.19. The summed E-state index contributed by atoms with van der Waals surface area (Å²) in [4.78, 5) is 17.3. The first-order valence-electron chi connectivity index (χ1n) is 16.0. The molecule has 0 saturated carbocycles. The number of oxazole rings is 1. The topological polar surface area (TPSA) is 55.1 Å². The molecule has 9 rings (SSSR count). The van der Waals surface area contributed by atoms with Gasteiger partial charge in [0.05, 0.1) is 28.1 Å². The van der Waals surface area contributed by atoms with Crippen LogP contribution in [0.3, 0.4) is 0 Å². The molecular formula is C43H28N4O. The van der Waals surface area contributed by atoms with E-state index in [2.05, 4.69) is 102 Å². The van der Waals surface area contributed by atoms with E-state index in [4.69, 9.17) is 19.4 Å². The largest absolute Gasteiger partial charge is 0.436 e. The van der Waals surface area contributed by atoms with Gasteiger partial charge in [0.2, 0.25) is 5.89 Å². The zero-order valence-corrected chi connectivity index (χ0v) is 25.9. The van der Waals surface area contributed by atoms with Gasteiger partial charge in [0.15, 0.2) is 5.58 Å². The summed E-state index contributed by atoms with van der Waals surface area (Å²) in [6, 6.07) is 58.0. The lowest BCUT2D eigenvalue weighted by Crippen LogP contribution is -2.10. The molecule has 226 valence electrons. The molecule has 9 aromatic rings. The van der Waals surface area contributed by atoms with Crippen LogP contribution in [0.5, 0.6) is 0 Å². The molecule has 0 radical (unpaired) electrons. The van der Waals surface area contributed by atoms with Gasteiger partial charge >= 0.3 is 0 Å². The Hall–Kier alpha value is -6.59. The molecule has 0 unspecified atom stereocenters. The van der Waals surface area contributed by atoms with Crippen molar-refractivity contribution in [2.24, 2.45) is 0 Å². The van der Waals surface area contributed by atoms with E-state index in [1.54, 1.807) is 0 Å². The van der Waals surface area contributed by atoms with Crippen LogP contribution < -0.4 is 4.90 Å². The molecule has 0 N–H and O–H groups in total. The number of benzene rings is 7. The van der Waals surface area contributed by atoms with Crippen molar-refractivity contribution in [2.45, 2.75) is 0 Å². The molecule has 0 amide bonds. The van der Waals surface area contributed by atoms with Gasteiger partial charge in [-0.15, -0.1) is 0 Å². The molecule has 2 heterocycles. The number of fused-ring (bicyclic) bond motifs is 3. The summed E-state index contributed by atoms with van der Waals surface area (Å²) in [7, 11) is 0. The number of hydrogen-bond donors (Lipinski definition) is 0. The Bertz CT molecular complexity index is 2530. The molecule has 2 aromatic heterocycles. The average Bonchev–Trinajstić information content (AvgIpc) is 3.60. The van der Waals surface area contributed by atoms with Gasteiger partial charge in [-0.2, -0.15) is 0 Å². The van der Waals surface area contributed by atoms with Crippen LogP contribution in [0.1, 0.15) is 0 Å². The van der Waals surface area contributed by atoms with Gasteiger partial charge in [0.25, 0.3) is 0 Å². The SMILES string of the molecule is c1ccc(-c2nc3ccccc3nc2-c2ccc(N(c3ccccc3)c3cccc4c(-c5nc6ccccc6o5)cccc34)cc2)cc1. The fourth-order valence-corrected chi connectivity index (χ4v) is 6.43. The van der Waals surface area contributed by atoms with Gasteiger partial charge in [-0.1, -0.05) is 109 Å². The second-order valence-electron chi connectivity index (χ2n) is 11.7. The molecule has 0 aliphatic rings. The monoisotopic (exact) mass is 616 g/mol. The van der Waals surface area contributed by atoms with Crippen LogP contribution in [0, 0.1) is 0 Å². The van der Waals surface area contributed by atoms with Crippen LogP contribution in [0.15, 0.2) is 174 Å². The maximum Gasteiger partial charge on any atom is 0.227 e. The summed E-state index contributed by atoms with van der Waals surface area (Å²) in [5.74, 6) is 0.611. The second-order valence-corrected chi connectivity index (χ2v) is 11.7. The predicted molar refractivity (Wildman–Crippen MR) is 196 cm³/mol. The van der Waals surface area contributed by atoms with Crippen molar-refractivity contribution >= 4 is 50.0 Å². The van der Waals surface area contributed by atoms with Gasteiger partial charge in [-0.3, -0.25) is 0 Å². The Kier molecular flexibility index (Phi) is 6.72. The van der Waals surface area contributed by atoms with E-state index in [0.29, 0.717) is 5.89 Å². The average molecular weight is 617 g/mol. The summed E-state index contributed by atoms with van der Waals surface area (Å²) in [6.45, 7) is 0. The standard InChI is InChI=1S/C43H28N4O/c1-3-13-29(14-4-1)41-42(45-37-21-8-7-20-36(37)44-41)30-25-27-32(28-26-30)47(31-15-5-2-6-16-31)39-23-12-17-33-34(39)18-11-19-35(33)43-46-38-22-9-10-24-40(38)48-43/h1-28H. The van der Waals surface area contributed by atoms with E-state index in [9.17, 15) is 0 Å². The van der Waals surface area contributed by atoms with Crippen LogP contribution >= 0.6 is 0 Å². The van der Waals surface area contributed by atoms with E-state index in [1.807, 2.05) is 72.8 Å². The number of aromatic nitrogens is 3. The van der Waals surface area contributed by atoms with Crippen molar-refractivity contribution < 1.29 is 4.42 Å². The minimum absolute atomic E-state index is 0.611. The van der Waals surface area contributed by atoms with Gasteiger partial charge in [-0.25, -0.2) is 15.0 Å². The van der Waals surface area contributed by atoms with Crippen molar-refractivity contribution in [3.05, 3.63) is 170 Å². The molecule has 5 nitrogen and oxygen atoms in total.